The number of nitrogens with one attached hydrogen (secondary N) is 3. The number of ether oxygens (including phenoxy) is 1. The smallest absolute Gasteiger partial charge is 0.450 e. The average molecular weight is 651 g/mol. The number of nitrogen functional groups attached to an aromatic ring is 2. The Bertz CT molecular complexity index is 1970. The van der Waals surface area contributed by atoms with Crippen LogP contribution in [0.5, 0.6) is 5.75 Å². The lowest BCUT2D eigenvalue weighted by molar-refractivity contribution is -0.141. The van der Waals surface area contributed by atoms with E-state index in [1.165, 1.54) is 24.4 Å². The van der Waals surface area contributed by atoms with Crippen LogP contribution in [0, 0.1) is 0 Å². The summed E-state index contributed by atoms with van der Waals surface area (Å²) in [5.41, 5.74) is 10.2. The molecule has 0 saturated heterocycles. The molecule has 1 amide bonds. The number of alkyl halides is 3. The van der Waals surface area contributed by atoms with Crippen molar-refractivity contribution in [3.63, 3.8) is 0 Å². The summed E-state index contributed by atoms with van der Waals surface area (Å²) in [6, 6.07) is 6.46. The van der Waals surface area contributed by atoms with Crippen LogP contribution in [0.4, 0.5) is 30.5 Å². The Balaban J connectivity index is 1.14. The van der Waals surface area contributed by atoms with Crippen molar-refractivity contribution in [1.82, 2.24) is 25.3 Å². The number of esters is 1. The van der Waals surface area contributed by atoms with Crippen molar-refractivity contribution < 1.29 is 42.1 Å². The first-order valence-electron chi connectivity index (χ1n) is 13.6. The number of carbonyl (C=O) groups is 3. The fourth-order valence-electron chi connectivity index (χ4n) is 4.41. The van der Waals surface area contributed by atoms with Crippen LogP contribution in [0.15, 0.2) is 53.0 Å². The van der Waals surface area contributed by atoms with E-state index in [1.54, 1.807) is 12.1 Å². The number of halogens is 3. The number of hydrogen-bond donors (Lipinski definition) is 6. The van der Waals surface area contributed by atoms with Gasteiger partial charge in [-0.05, 0) is 48.9 Å². The first-order valence-corrected chi connectivity index (χ1v) is 13.6. The largest absolute Gasteiger partial charge is 0.555 e. The van der Waals surface area contributed by atoms with Crippen LogP contribution < -0.4 is 32.3 Å². The van der Waals surface area contributed by atoms with E-state index in [0.717, 1.165) is 13.6 Å². The van der Waals surface area contributed by atoms with Gasteiger partial charge in [0, 0.05) is 28.9 Å². The Labute approximate surface area is 262 Å². The Morgan fingerprint density at radius 3 is 2.57 bits per heavy atom. The summed E-state index contributed by atoms with van der Waals surface area (Å²) in [6.07, 6.45) is -3.01. The molecule has 1 radical (unpaired) electrons. The number of nitrogens with zero attached hydrogens (tertiary/aromatic N) is 3. The van der Waals surface area contributed by atoms with Crippen molar-refractivity contribution in [1.29, 1.82) is 0 Å². The monoisotopic (exact) mass is 651 g/mol. The zero-order chi connectivity index (χ0) is 33.9. The van der Waals surface area contributed by atoms with Gasteiger partial charge in [0.05, 0.1) is 24.0 Å². The molecule has 4 aromatic rings. The van der Waals surface area contributed by atoms with E-state index in [-0.39, 0.29) is 52.6 Å². The Kier molecular flexibility index (Phi) is 8.98. The van der Waals surface area contributed by atoms with Crippen molar-refractivity contribution in [2.24, 2.45) is 0 Å². The molecule has 241 valence electrons. The lowest BCUT2D eigenvalue weighted by atomic mass is 9.90. The SMILES string of the molecule is Nc1cc2c(c(C(F)(F)F)c1)O[B]C(OC(=O)CC[C@H](NC(=O)c1ccc(NCc3cnc4nc(N)[nH]c(=O)c4n3)cc1)C(=O)O)=C2. The van der Waals surface area contributed by atoms with Gasteiger partial charge in [-0.1, -0.05) is 0 Å². The van der Waals surface area contributed by atoms with Gasteiger partial charge in [-0.15, -0.1) is 0 Å². The predicted octanol–water partition coefficient (Wildman–Crippen LogP) is 2.02. The molecule has 0 spiro atoms. The predicted molar refractivity (Wildman–Crippen MR) is 161 cm³/mol. The molecule has 1 aliphatic heterocycles. The molecule has 0 bridgehead atoms. The van der Waals surface area contributed by atoms with E-state index >= 15 is 0 Å². The molecule has 1 atom stereocenters. The second-order valence-electron chi connectivity index (χ2n) is 10.1. The molecule has 1 aliphatic rings. The zero-order valence-corrected chi connectivity index (χ0v) is 23.9. The fraction of sp³-hybridized carbons (Fsp3) is 0.179. The fourth-order valence-corrected chi connectivity index (χ4v) is 4.41. The maximum Gasteiger partial charge on any atom is 0.450 e. The summed E-state index contributed by atoms with van der Waals surface area (Å²) in [5.74, 6) is -3.65. The molecule has 0 saturated carbocycles. The Morgan fingerprint density at radius 2 is 1.87 bits per heavy atom. The third-order valence-electron chi connectivity index (χ3n) is 6.62. The van der Waals surface area contributed by atoms with Gasteiger partial charge in [0.25, 0.3) is 11.5 Å². The molecule has 15 nitrogen and oxygen atoms in total. The minimum Gasteiger partial charge on any atom is -0.555 e. The van der Waals surface area contributed by atoms with E-state index in [2.05, 4.69) is 30.6 Å². The highest BCUT2D eigenvalue weighted by atomic mass is 19.4. The maximum absolute atomic E-state index is 13.3. The topological polar surface area (TPSA) is 238 Å². The average Bonchev–Trinajstić information content (AvgIpc) is 3.01. The summed E-state index contributed by atoms with van der Waals surface area (Å²) in [6.45, 7) is 0.172. The second kappa shape index (κ2) is 13.1. The summed E-state index contributed by atoms with van der Waals surface area (Å²) in [5, 5.41) is 15.0. The van der Waals surface area contributed by atoms with Crippen LogP contribution >= 0.6 is 0 Å². The number of rotatable bonds is 10. The van der Waals surface area contributed by atoms with Crippen LogP contribution in [0.2, 0.25) is 0 Å². The molecule has 8 N–H and O–H groups in total. The molecule has 19 heteroatoms. The molecular weight excluding hydrogens is 628 g/mol. The summed E-state index contributed by atoms with van der Waals surface area (Å²) in [7, 11) is 0.811. The zero-order valence-electron chi connectivity index (χ0n) is 23.9. The molecule has 3 heterocycles. The highest BCUT2D eigenvalue weighted by Crippen LogP contribution is 2.41. The summed E-state index contributed by atoms with van der Waals surface area (Å²) < 4.78 is 50.1. The van der Waals surface area contributed by atoms with Crippen molar-refractivity contribution in [2.75, 3.05) is 16.8 Å². The second-order valence-corrected chi connectivity index (χ2v) is 10.1. The van der Waals surface area contributed by atoms with E-state index in [4.69, 9.17) is 20.9 Å². The van der Waals surface area contributed by atoms with Crippen LogP contribution in [0.1, 0.15) is 40.0 Å². The van der Waals surface area contributed by atoms with Gasteiger partial charge in [-0.25, -0.2) is 14.8 Å². The minimum absolute atomic E-state index is 0.0181. The quantitative estimate of drug-likeness (QED) is 0.0819. The lowest BCUT2D eigenvalue weighted by Crippen LogP contribution is -2.41. The van der Waals surface area contributed by atoms with Gasteiger partial charge < -0.3 is 36.6 Å². The van der Waals surface area contributed by atoms with E-state index < -0.39 is 53.4 Å². The molecule has 0 unspecified atom stereocenters. The normalized spacial score (nSPS) is 13.0. The van der Waals surface area contributed by atoms with Crippen molar-refractivity contribution in [3.05, 3.63) is 81.0 Å². The van der Waals surface area contributed by atoms with Crippen LogP contribution in [0.3, 0.4) is 0 Å². The van der Waals surface area contributed by atoms with E-state index in [0.29, 0.717) is 17.4 Å². The molecule has 0 fully saturated rings. The van der Waals surface area contributed by atoms with E-state index in [1.807, 2.05) is 0 Å². The first kappa shape index (κ1) is 32.3. The standard InChI is InChI=1S/C28H23BF3N8O7/c30-28(31,32)17-9-14(33)7-13-8-19(29-47-22(13)17)46-20(41)6-5-18(26(44)45)38-24(42)12-1-3-15(4-2-12)35-10-16-11-36-23-21(37-16)25(43)40-27(34)39-23/h1-4,7-9,11,18,35H,5-6,10,33H2,(H,38,42)(H,44,45)(H3,34,36,39,40,43)/t18-/m0/s1. The number of nitrogens with two attached hydrogens (primary N) is 2. The van der Waals surface area contributed by atoms with Crippen molar-refractivity contribution in [2.45, 2.75) is 31.6 Å². The summed E-state index contributed by atoms with van der Waals surface area (Å²) >= 11 is 0. The van der Waals surface area contributed by atoms with Gasteiger partial charge in [0.1, 0.15) is 17.4 Å². The third-order valence-corrected chi connectivity index (χ3v) is 6.62. The molecule has 2 aromatic carbocycles. The number of aromatic nitrogens is 4. The van der Waals surface area contributed by atoms with Crippen LogP contribution in [0.25, 0.3) is 17.2 Å². The molecule has 5 rings (SSSR count). The van der Waals surface area contributed by atoms with Gasteiger partial charge in [0.15, 0.2) is 11.2 Å². The molecule has 47 heavy (non-hydrogen) atoms. The van der Waals surface area contributed by atoms with Gasteiger partial charge in [0.2, 0.25) is 5.95 Å². The maximum atomic E-state index is 13.3. The van der Waals surface area contributed by atoms with Crippen LogP contribution in [-0.2, 0) is 27.0 Å². The summed E-state index contributed by atoms with van der Waals surface area (Å²) in [4.78, 5) is 63.5. The minimum atomic E-state index is -4.74. The van der Waals surface area contributed by atoms with Crippen molar-refractivity contribution >= 4 is 59.9 Å². The number of carboxylic acids is 1. The highest BCUT2D eigenvalue weighted by Gasteiger charge is 2.37. The molecular formula is C28H23BF3N8O7. The third kappa shape index (κ3) is 7.75. The number of benzene rings is 2. The Morgan fingerprint density at radius 1 is 1.13 bits per heavy atom. The number of carbonyl (C=O) groups excluding carboxylic acids is 2. The van der Waals surface area contributed by atoms with Gasteiger partial charge >= 0.3 is 25.6 Å². The van der Waals surface area contributed by atoms with E-state index in [9.17, 15) is 37.5 Å². The number of anilines is 3. The number of hydrogen-bond acceptors (Lipinski definition) is 12. The lowest BCUT2D eigenvalue weighted by Gasteiger charge is -2.21. The Hall–Kier alpha value is -6.14. The van der Waals surface area contributed by atoms with Crippen LogP contribution in [-0.4, -0.2) is 56.4 Å². The molecule has 0 aliphatic carbocycles. The number of aromatic amines is 1. The number of carboxylic acid groups (broad SMARTS) is 1. The number of H-pyrrole nitrogens is 1. The highest BCUT2D eigenvalue weighted by molar-refractivity contribution is 6.40. The van der Waals surface area contributed by atoms with Gasteiger partial charge in [-0.2, -0.15) is 18.2 Å². The van der Waals surface area contributed by atoms with Gasteiger partial charge in [-0.3, -0.25) is 19.4 Å². The number of amides is 1. The molecule has 2 aromatic heterocycles. The first-order chi connectivity index (χ1) is 22.3. The van der Waals surface area contributed by atoms with Crippen molar-refractivity contribution in [3.8, 4) is 5.75 Å². The number of aliphatic carboxylic acids is 1. The number of fused-ring (bicyclic) bond motifs is 2.